The molecule has 0 aromatic carbocycles. The van der Waals surface area contributed by atoms with Crippen molar-refractivity contribution in [3.05, 3.63) is 35.9 Å². The molecule has 4 rings (SSSR count). The highest BCUT2D eigenvalue weighted by molar-refractivity contribution is 5.94. The predicted molar refractivity (Wildman–Crippen MR) is 85.2 cm³/mol. The molecule has 0 radical (unpaired) electrons. The van der Waals surface area contributed by atoms with Gasteiger partial charge in [-0.2, -0.15) is 10.2 Å². The van der Waals surface area contributed by atoms with Crippen LogP contribution in [0.2, 0.25) is 0 Å². The van der Waals surface area contributed by atoms with Gasteiger partial charge in [0, 0.05) is 38.6 Å². The Kier molecular flexibility index (Phi) is 3.40. The van der Waals surface area contributed by atoms with Crippen LogP contribution >= 0.6 is 0 Å². The number of hydrogen-bond donors (Lipinski definition) is 2. The van der Waals surface area contributed by atoms with Crippen LogP contribution in [-0.4, -0.2) is 55.8 Å². The molecule has 2 fully saturated rings. The Morgan fingerprint density at radius 2 is 2.25 bits per heavy atom. The standard InChI is InChI=1S/C16H20N6O2/c1-21-9-11(8-18-21)14(23)19-12-6-16(7-12)3-5-22(10-16)15(24)13-2-4-17-20-13/h2,4,8-9,12H,3,5-7,10H2,1H3,(H,17,20)(H,19,23). The summed E-state index contributed by atoms with van der Waals surface area (Å²) in [7, 11) is 1.79. The van der Waals surface area contributed by atoms with Gasteiger partial charge in [0.15, 0.2) is 0 Å². The summed E-state index contributed by atoms with van der Waals surface area (Å²) in [5, 5.41) is 13.6. The zero-order valence-corrected chi connectivity index (χ0v) is 13.5. The summed E-state index contributed by atoms with van der Waals surface area (Å²) < 4.78 is 1.62. The van der Waals surface area contributed by atoms with Gasteiger partial charge >= 0.3 is 0 Å². The number of carbonyl (C=O) groups is 2. The van der Waals surface area contributed by atoms with Crippen molar-refractivity contribution in [1.29, 1.82) is 0 Å². The summed E-state index contributed by atoms with van der Waals surface area (Å²) in [5.41, 5.74) is 1.27. The largest absolute Gasteiger partial charge is 0.349 e. The summed E-state index contributed by atoms with van der Waals surface area (Å²) in [6.07, 6.45) is 7.71. The maximum atomic E-state index is 12.4. The minimum Gasteiger partial charge on any atom is -0.349 e. The molecule has 8 heteroatoms. The minimum atomic E-state index is -0.0775. The lowest BCUT2D eigenvalue weighted by Gasteiger charge is -2.45. The second kappa shape index (κ2) is 5.47. The van der Waals surface area contributed by atoms with E-state index in [2.05, 4.69) is 20.6 Å². The van der Waals surface area contributed by atoms with Crippen LogP contribution in [0.1, 0.15) is 40.1 Å². The third-order valence-electron chi connectivity index (χ3n) is 5.12. The van der Waals surface area contributed by atoms with Crippen LogP contribution in [0.4, 0.5) is 0 Å². The van der Waals surface area contributed by atoms with Gasteiger partial charge in [0.2, 0.25) is 0 Å². The molecule has 2 aromatic rings. The first-order valence-electron chi connectivity index (χ1n) is 8.13. The molecule has 2 N–H and O–H groups in total. The molecule has 0 bridgehead atoms. The molecule has 2 aromatic heterocycles. The van der Waals surface area contributed by atoms with Crippen molar-refractivity contribution >= 4 is 11.8 Å². The molecule has 24 heavy (non-hydrogen) atoms. The topological polar surface area (TPSA) is 95.9 Å². The van der Waals surface area contributed by atoms with E-state index < -0.39 is 0 Å². The van der Waals surface area contributed by atoms with Gasteiger partial charge in [-0.3, -0.25) is 19.4 Å². The molecule has 1 saturated heterocycles. The average molecular weight is 328 g/mol. The highest BCUT2D eigenvalue weighted by atomic mass is 16.2. The molecule has 3 heterocycles. The number of nitrogens with one attached hydrogen (secondary N) is 2. The van der Waals surface area contributed by atoms with Gasteiger partial charge in [0.1, 0.15) is 5.69 Å². The predicted octanol–water partition coefficient (Wildman–Crippen LogP) is 0.568. The van der Waals surface area contributed by atoms with Gasteiger partial charge in [0.05, 0.1) is 11.8 Å². The summed E-state index contributed by atoms with van der Waals surface area (Å²) in [4.78, 5) is 26.4. The average Bonchev–Trinajstić information content (AvgIpc) is 3.26. The number of nitrogens with zero attached hydrogens (tertiary/aromatic N) is 4. The van der Waals surface area contributed by atoms with Gasteiger partial charge in [-0.25, -0.2) is 0 Å². The van der Waals surface area contributed by atoms with E-state index in [1.165, 1.54) is 0 Å². The molecule has 2 aliphatic rings. The lowest BCUT2D eigenvalue weighted by Crippen LogP contribution is -2.52. The summed E-state index contributed by atoms with van der Waals surface area (Å²) in [5.74, 6) is -0.0708. The Morgan fingerprint density at radius 3 is 2.92 bits per heavy atom. The van der Waals surface area contributed by atoms with Gasteiger partial charge < -0.3 is 10.2 Å². The highest BCUT2D eigenvalue weighted by Crippen LogP contribution is 2.48. The van der Waals surface area contributed by atoms with Crippen molar-refractivity contribution in [3.63, 3.8) is 0 Å². The monoisotopic (exact) mass is 328 g/mol. The fourth-order valence-electron chi connectivity index (χ4n) is 3.88. The van der Waals surface area contributed by atoms with Crippen LogP contribution in [0, 0.1) is 5.41 Å². The Bertz CT molecular complexity index is 759. The van der Waals surface area contributed by atoms with Crippen LogP contribution in [0.3, 0.4) is 0 Å². The van der Waals surface area contributed by atoms with E-state index in [1.807, 2.05) is 4.90 Å². The second-order valence-electron chi connectivity index (χ2n) is 6.93. The molecule has 1 aliphatic carbocycles. The summed E-state index contributed by atoms with van der Waals surface area (Å²) in [6, 6.07) is 1.88. The third kappa shape index (κ3) is 2.57. The number of aromatic nitrogens is 4. The van der Waals surface area contributed by atoms with Crippen LogP contribution in [0.25, 0.3) is 0 Å². The van der Waals surface area contributed by atoms with Gasteiger partial charge in [-0.1, -0.05) is 0 Å². The molecule has 1 saturated carbocycles. The van der Waals surface area contributed by atoms with Crippen molar-refractivity contribution in [2.45, 2.75) is 25.3 Å². The molecular weight excluding hydrogens is 308 g/mol. The second-order valence-corrected chi connectivity index (χ2v) is 6.93. The van der Waals surface area contributed by atoms with Crippen molar-refractivity contribution in [3.8, 4) is 0 Å². The summed E-state index contributed by atoms with van der Waals surface area (Å²) >= 11 is 0. The molecule has 0 unspecified atom stereocenters. The van der Waals surface area contributed by atoms with E-state index >= 15 is 0 Å². The number of aryl methyl sites for hydroxylation is 1. The number of amides is 2. The molecular formula is C16H20N6O2. The molecule has 0 atom stereocenters. The number of H-pyrrole nitrogens is 1. The first-order chi connectivity index (χ1) is 11.5. The zero-order valence-electron chi connectivity index (χ0n) is 13.5. The molecule has 1 aliphatic heterocycles. The number of carbonyl (C=O) groups excluding carboxylic acids is 2. The zero-order chi connectivity index (χ0) is 16.7. The molecule has 8 nitrogen and oxygen atoms in total. The highest BCUT2D eigenvalue weighted by Gasteiger charge is 2.50. The van der Waals surface area contributed by atoms with E-state index in [9.17, 15) is 9.59 Å². The Morgan fingerprint density at radius 1 is 1.42 bits per heavy atom. The summed E-state index contributed by atoms with van der Waals surface area (Å²) in [6.45, 7) is 1.52. The maximum Gasteiger partial charge on any atom is 0.271 e. The quantitative estimate of drug-likeness (QED) is 0.861. The van der Waals surface area contributed by atoms with Gasteiger partial charge in [0.25, 0.3) is 11.8 Å². The first kappa shape index (κ1) is 14.9. The number of rotatable bonds is 3. The van der Waals surface area contributed by atoms with E-state index in [0.717, 1.165) is 32.4 Å². The number of likely N-dealkylation sites (tertiary alicyclic amines) is 1. The van der Waals surface area contributed by atoms with E-state index in [1.54, 1.807) is 36.4 Å². The van der Waals surface area contributed by atoms with Crippen molar-refractivity contribution in [2.24, 2.45) is 12.5 Å². The lowest BCUT2D eigenvalue weighted by atomic mass is 9.65. The van der Waals surface area contributed by atoms with Crippen LogP contribution < -0.4 is 5.32 Å². The van der Waals surface area contributed by atoms with Crippen LogP contribution in [0.15, 0.2) is 24.7 Å². The van der Waals surface area contributed by atoms with Crippen molar-refractivity contribution in [2.75, 3.05) is 13.1 Å². The lowest BCUT2D eigenvalue weighted by molar-refractivity contribution is 0.0607. The van der Waals surface area contributed by atoms with Crippen molar-refractivity contribution < 1.29 is 9.59 Å². The van der Waals surface area contributed by atoms with E-state index in [0.29, 0.717) is 11.3 Å². The maximum absolute atomic E-state index is 12.4. The SMILES string of the molecule is Cn1cc(C(=O)NC2CC3(CCN(C(=O)c4ccn[nH]4)C3)C2)cn1. The molecule has 126 valence electrons. The van der Waals surface area contributed by atoms with Gasteiger partial charge in [-0.05, 0) is 30.7 Å². The van der Waals surface area contributed by atoms with E-state index in [4.69, 9.17) is 0 Å². The smallest absolute Gasteiger partial charge is 0.271 e. The number of hydrogen-bond acceptors (Lipinski definition) is 4. The fraction of sp³-hybridized carbons (Fsp3) is 0.500. The fourth-order valence-corrected chi connectivity index (χ4v) is 3.88. The number of aromatic amines is 1. The normalized spacial score (nSPS) is 25.7. The van der Waals surface area contributed by atoms with Gasteiger partial charge in [-0.15, -0.1) is 0 Å². The molecule has 2 amide bonds. The van der Waals surface area contributed by atoms with Crippen molar-refractivity contribution in [1.82, 2.24) is 30.2 Å². The molecule has 1 spiro atoms. The Labute approximate surface area is 139 Å². The van der Waals surface area contributed by atoms with E-state index in [-0.39, 0.29) is 23.3 Å². The van der Waals surface area contributed by atoms with Crippen LogP contribution in [-0.2, 0) is 7.05 Å². The first-order valence-corrected chi connectivity index (χ1v) is 8.13. The van der Waals surface area contributed by atoms with Crippen LogP contribution in [0.5, 0.6) is 0 Å². The Balaban J connectivity index is 1.31. The third-order valence-corrected chi connectivity index (χ3v) is 5.12. The Hall–Kier alpha value is -2.64. The minimum absolute atomic E-state index is 0.00669.